The molecule has 0 heterocycles. The first kappa shape index (κ1) is 10.9. The van der Waals surface area contributed by atoms with Crippen LogP contribution in [0.25, 0.3) is 0 Å². The number of hydrogen-bond acceptors (Lipinski definition) is 4. The van der Waals surface area contributed by atoms with Crippen LogP contribution in [0.4, 0.5) is 0 Å². The molecule has 0 rings (SSSR count). The van der Waals surface area contributed by atoms with Gasteiger partial charge >= 0.3 is 12.4 Å². The molecular formula is C8H13O4. The predicted octanol–water partition coefficient (Wildman–Crippen LogP) is 1.01. The number of ether oxygens (including phenoxy) is 2. The minimum atomic E-state index is -1.20. The Morgan fingerprint density at radius 2 is 2.00 bits per heavy atom. The molecule has 0 aromatic heterocycles. The summed E-state index contributed by atoms with van der Waals surface area (Å²) in [6.45, 7) is 7.60. The summed E-state index contributed by atoms with van der Waals surface area (Å²) in [5.41, 5.74) is 0. The van der Waals surface area contributed by atoms with Gasteiger partial charge in [0.1, 0.15) is 0 Å². The van der Waals surface area contributed by atoms with Gasteiger partial charge in [0.25, 0.3) is 5.79 Å². The first-order valence-electron chi connectivity index (χ1n) is 3.67. The van der Waals surface area contributed by atoms with Crippen LogP contribution >= 0.6 is 0 Å². The van der Waals surface area contributed by atoms with Crippen molar-refractivity contribution in [1.29, 1.82) is 0 Å². The second kappa shape index (κ2) is 4.09. The normalized spacial score (nSPS) is 15.1. The third kappa shape index (κ3) is 2.90. The molecule has 0 aliphatic carbocycles. The maximum absolute atomic E-state index is 10.6. The van der Waals surface area contributed by atoms with Crippen molar-refractivity contribution in [1.82, 2.24) is 0 Å². The molecule has 0 aliphatic heterocycles. The zero-order valence-electron chi connectivity index (χ0n) is 7.71. The fraction of sp³-hybridized carbons (Fsp3) is 0.750. The van der Waals surface area contributed by atoms with Crippen LogP contribution in [0.1, 0.15) is 27.7 Å². The molecule has 4 heteroatoms. The molecule has 0 saturated carbocycles. The molecule has 0 spiro atoms. The Kier molecular flexibility index (Phi) is 3.73. The van der Waals surface area contributed by atoms with Gasteiger partial charge in [0.2, 0.25) is 0 Å². The molecule has 0 saturated heterocycles. The van der Waals surface area contributed by atoms with E-state index in [1.165, 1.54) is 20.3 Å². The van der Waals surface area contributed by atoms with Crippen LogP contribution in [0.15, 0.2) is 0 Å². The lowest BCUT2D eigenvalue weighted by atomic mass is 10.1. The number of rotatable bonds is 4. The Bertz CT molecular complexity index is 176. The number of carbonyl (C=O) groups excluding carboxylic acids is 2. The molecule has 4 nitrogen and oxygen atoms in total. The molecule has 0 bridgehead atoms. The van der Waals surface area contributed by atoms with E-state index < -0.39 is 11.8 Å². The van der Waals surface area contributed by atoms with E-state index >= 15 is 0 Å². The summed E-state index contributed by atoms with van der Waals surface area (Å²) >= 11 is 0. The van der Waals surface area contributed by atoms with Crippen molar-refractivity contribution in [3.63, 3.8) is 0 Å². The van der Waals surface area contributed by atoms with Crippen LogP contribution in [0.2, 0.25) is 0 Å². The Hall–Kier alpha value is -1.06. The largest absolute Gasteiger partial charge is 0.423 e. The van der Waals surface area contributed by atoms with E-state index in [1.807, 2.05) is 0 Å². The molecule has 0 aromatic carbocycles. The number of carbonyl (C=O) groups is 1. The lowest BCUT2D eigenvalue weighted by molar-refractivity contribution is -0.209. The predicted molar refractivity (Wildman–Crippen MR) is 41.8 cm³/mol. The summed E-state index contributed by atoms with van der Waals surface area (Å²) < 4.78 is 9.37. The zero-order valence-corrected chi connectivity index (χ0v) is 7.71. The molecule has 1 atom stereocenters. The van der Waals surface area contributed by atoms with Crippen molar-refractivity contribution in [2.75, 3.05) is 0 Å². The Morgan fingerprint density at radius 3 is 2.25 bits per heavy atom. The fourth-order valence-corrected chi connectivity index (χ4v) is 0.625. The van der Waals surface area contributed by atoms with Crippen molar-refractivity contribution in [3.05, 3.63) is 0 Å². The minimum Gasteiger partial charge on any atom is -0.423 e. The van der Waals surface area contributed by atoms with E-state index in [1.54, 1.807) is 13.8 Å². The molecule has 69 valence electrons. The molecule has 0 N–H and O–H groups in total. The lowest BCUT2D eigenvalue weighted by Gasteiger charge is -2.29. The van der Waals surface area contributed by atoms with E-state index in [0.29, 0.717) is 0 Å². The van der Waals surface area contributed by atoms with Crippen molar-refractivity contribution in [2.24, 2.45) is 5.92 Å². The van der Waals surface area contributed by atoms with Crippen molar-refractivity contribution in [2.45, 2.75) is 33.5 Å². The van der Waals surface area contributed by atoms with E-state index in [-0.39, 0.29) is 5.92 Å². The standard InChI is InChI=1S/C8H13O4/c1-6(2)8(4,11-5-9)12-7(3)10/h6H,1-4H3. The monoisotopic (exact) mass is 173 g/mol. The van der Waals surface area contributed by atoms with E-state index in [9.17, 15) is 9.59 Å². The molecule has 1 unspecified atom stereocenters. The molecule has 0 aliphatic rings. The smallest absolute Gasteiger partial charge is 0.420 e. The lowest BCUT2D eigenvalue weighted by Crippen LogP contribution is -2.39. The number of hydrogen-bond donors (Lipinski definition) is 0. The maximum atomic E-state index is 10.6. The minimum absolute atomic E-state index is 0.108. The Morgan fingerprint density at radius 1 is 1.50 bits per heavy atom. The van der Waals surface area contributed by atoms with Crippen LogP contribution in [0.5, 0.6) is 0 Å². The highest BCUT2D eigenvalue weighted by atomic mass is 16.7. The average molecular weight is 173 g/mol. The first-order valence-corrected chi connectivity index (χ1v) is 3.67. The van der Waals surface area contributed by atoms with Crippen molar-refractivity contribution in [3.8, 4) is 0 Å². The van der Waals surface area contributed by atoms with Crippen LogP contribution < -0.4 is 0 Å². The first-order chi connectivity index (χ1) is 5.42. The Balaban J connectivity index is 4.37. The zero-order chi connectivity index (χ0) is 9.78. The van der Waals surface area contributed by atoms with Crippen molar-refractivity contribution >= 4 is 12.4 Å². The van der Waals surface area contributed by atoms with Gasteiger partial charge in [-0.05, 0) is 0 Å². The van der Waals surface area contributed by atoms with E-state index in [2.05, 4.69) is 4.74 Å². The van der Waals surface area contributed by atoms with Crippen LogP contribution in [0.3, 0.4) is 0 Å². The van der Waals surface area contributed by atoms with Crippen LogP contribution in [-0.2, 0) is 19.1 Å². The summed E-state index contributed by atoms with van der Waals surface area (Å²) in [4.78, 5) is 20.6. The van der Waals surface area contributed by atoms with Gasteiger partial charge in [-0.1, -0.05) is 13.8 Å². The second-order valence-corrected chi connectivity index (χ2v) is 2.95. The van der Waals surface area contributed by atoms with Gasteiger partial charge in [0, 0.05) is 19.8 Å². The highest BCUT2D eigenvalue weighted by Crippen LogP contribution is 2.22. The summed E-state index contributed by atoms with van der Waals surface area (Å²) in [7, 11) is 0. The molecule has 12 heavy (non-hydrogen) atoms. The molecular weight excluding hydrogens is 160 g/mol. The summed E-state index contributed by atoms with van der Waals surface area (Å²) in [6.07, 6.45) is 0. The topological polar surface area (TPSA) is 52.6 Å². The highest BCUT2D eigenvalue weighted by molar-refractivity contribution is 5.66. The van der Waals surface area contributed by atoms with Gasteiger partial charge in [-0.2, -0.15) is 0 Å². The SMILES string of the molecule is CC(=O)OC(C)(O[C]=O)C(C)C. The van der Waals surface area contributed by atoms with Gasteiger partial charge in [0.15, 0.2) is 0 Å². The molecule has 0 aromatic rings. The third-order valence-electron chi connectivity index (χ3n) is 1.64. The summed E-state index contributed by atoms with van der Waals surface area (Å²) in [5.74, 6) is -1.79. The number of esters is 1. The molecule has 0 fully saturated rings. The molecule has 0 amide bonds. The van der Waals surface area contributed by atoms with E-state index in [4.69, 9.17) is 4.74 Å². The van der Waals surface area contributed by atoms with Gasteiger partial charge in [-0.25, -0.2) is 4.79 Å². The third-order valence-corrected chi connectivity index (χ3v) is 1.64. The average Bonchev–Trinajstić information content (AvgIpc) is 1.85. The Labute approximate surface area is 71.8 Å². The maximum Gasteiger partial charge on any atom is 0.420 e. The van der Waals surface area contributed by atoms with Crippen LogP contribution in [0, 0.1) is 5.92 Å². The molecule has 1 radical (unpaired) electrons. The van der Waals surface area contributed by atoms with Crippen LogP contribution in [-0.4, -0.2) is 18.2 Å². The summed E-state index contributed by atoms with van der Waals surface area (Å²) in [5, 5.41) is 0. The second-order valence-electron chi connectivity index (χ2n) is 2.95. The quantitative estimate of drug-likeness (QED) is 0.470. The van der Waals surface area contributed by atoms with Gasteiger partial charge in [-0.3, -0.25) is 4.79 Å². The van der Waals surface area contributed by atoms with Gasteiger partial charge in [-0.15, -0.1) is 0 Å². The van der Waals surface area contributed by atoms with Crippen molar-refractivity contribution < 1.29 is 19.1 Å². The van der Waals surface area contributed by atoms with E-state index in [0.717, 1.165) is 0 Å². The summed E-state index contributed by atoms with van der Waals surface area (Å²) in [6, 6.07) is 0. The fourth-order valence-electron chi connectivity index (χ4n) is 0.625. The van der Waals surface area contributed by atoms with Gasteiger partial charge < -0.3 is 9.47 Å². The highest BCUT2D eigenvalue weighted by Gasteiger charge is 2.33. The van der Waals surface area contributed by atoms with Gasteiger partial charge in [0.05, 0.1) is 0 Å².